The first-order chi connectivity index (χ1) is 5.36. The number of hydrogen-bond donors (Lipinski definition) is 0. The van der Waals surface area contributed by atoms with Crippen molar-refractivity contribution in [1.82, 2.24) is 9.78 Å². The van der Waals surface area contributed by atoms with E-state index in [0.717, 1.165) is 6.54 Å². The van der Waals surface area contributed by atoms with Gasteiger partial charge >= 0.3 is 0 Å². The fourth-order valence-corrected chi connectivity index (χ4v) is 1.09. The molecule has 0 aromatic carbocycles. The molecule has 1 aromatic rings. The molecule has 0 spiro atoms. The summed E-state index contributed by atoms with van der Waals surface area (Å²) >= 11 is 0. The molecule has 0 amide bonds. The Bertz CT molecular complexity index is 203. The molecule has 0 atom stereocenters. The van der Waals surface area contributed by atoms with E-state index in [4.69, 9.17) is 0 Å². The minimum atomic E-state index is 0.978. The van der Waals surface area contributed by atoms with Crippen LogP contribution in [0.25, 0.3) is 0 Å². The predicted molar refractivity (Wildman–Crippen MR) is 46.5 cm³/mol. The number of hydrogen-bond acceptors (Lipinski definition) is 1. The zero-order valence-corrected chi connectivity index (χ0v) is 7.38. The normalized spacial score (nSPS) is 10.4. The topological polar surface area (TPSA) is 17.8 Å². The molecule has 0 unspecified atom stereocenters. The molecule has 1 aromatic heterocycles. The summed E-state index contributed by atoms with van der Waals surface area (Å²) in [5, 5.41) is 4.20. The van der Waals surface area contributed by atoms with Crippen LogP contribution in [0.5, 0.6) is 0 Å². The Morgan fingerprint density at radius 3 is 2.82 bits per heavy atom. The molecular weight excluding hydrogens is 136 g/mol. The van der Waals surface area contributed by atoms with E-state index in [1.54, 1.807) is 0 Å². The number of rotatable bonds is 4. The van der Waals surface area contributed by atoms with E-state index in [9.17, 15) is 0 Å². The summed E-state index contributed by atoms with van der Waals surface area (Å²) < 4.78 is 1.98. The molecular formula is C9H16N2. The van der Waals surface area contributed by atoms with Gasteiger partial charge in [-0.25, -0.2) is 0 Å². The smallest absolute Gasteiger partial charge is 0.0521 e. The molecule has 0 saturated carbocycles. The van der Waals surface area contributed by atoms with Gasteiger partial charge in [0, 0.05) is 12.7 Å². The van der Waals surface area contributed by atoms with Crippen LogP contribution in [0.3, 0.4) is 0 Å². The minimum Gasteiger partial charge on any atom is -0.273 e. The highest BCUT2D eigenvalue weighted by atomic mass is 15.3. The molecule has 2 nitrogen and oxygen atoms in total. The summed E-state index contributed by atoms with van der Waals surface area (Å²) in [7, 11) is 0. The Hall–Kier alpha value is -0.790. The van der Waals surface area contributed by atoms with Gasteiger partial charge in [-0.2, -0.15) is 5.10 Å². The van der Waals surface area contributed by atoms with Crippen LogP contribution in [-0.4, -0.2) is 9.78 Å². The van der Waals surface area contributed by atoms with Crippen molar-refractivity contribution >= 4 is 0 Å². The summed E-state index contributed by atoms with van der Waals surface area (Å²) in [6, 6.07) is 0. The molecule has 0 saturated heterocycles. The Balaban J connectivity index is 2.44. The summed E-state index contributed by atoms with van der Waals surface area (Å²) in [6.45, 7) is 5.30. The van der Waals surface area contributed by atoms with Crippen LogP contribution in [-0.2, 0) is 13.0 Å². The summed E-state index contributed by atoms with van der Waals surface area (Å²) in [4.78, 5) is 0. The standard InChI is InChI=1S/C9H16N2/c1-3-5-6-9-7-10-11(4-2)8-9/h7-8H,3-6H2,1-2H3. The summed E-state index contributed by atoms with van der Waals surface area (Å²) in [5.74, 6) is 0. The first-order valence-electron chi connectivity index (χ1n) is 4.38. The van der Waals surface area contributed by atoms with Gasteiger partial charge in [0.05, 0.1) is 6.20 Å². The van der Waals surface area contributed by atoms with Crippen molar-refractivity contribution in [3.8, 4) is 0 Å². The molecule has 62 valence electrons. The SMILES string of the molecule is CCCCc1cnn(CC)c1. The van der Waals surface area contributed by atoms with Crippen LogP contribution in [0.4, 0.5) is 0 Å². The van der Waals surface area contributed by atoms with Crippen LogP contribution in [0.15, 0.2) is 12.4 Å². The van der Waals surface area contributed by atoms with E-state index >= 15 is 0 Å². The van der Waals surface area contributed by atoms with Crippen LogP contribution in [0, 0.1) is 0 Å². The maximum atomic E-state index is 4.20. The maximum Gasteiger partial charge on any atom is 0.0521 e. The molecule has 1 rings (SSSR count). The first kappa shape index (κ1) is 8.31. The van der Waals surface area contributed by atoms with Crippen molar-refractivity contribution in [2.24, 2.45) is 0 Å². The first-order valence-corrected chi connectivity index (χ1v) is 4.38. The lowest BCUT2D eigenvalue weighted by Crippen LogP contribution is -1.92. The molecule has 2 heteroatoms. The third kappa shape index (κ3) is 2.37. The Morgan fingerprint density at radius 2 is 2.27 bits per heavy atom. The average Bonchev–Trinajstić information content (AvgIpc) is 2.48. The van der Waals surface area contributed by atoms with Gasteiger partial charge in [-0.15, -0.1) is 0 Å². The summed E-state index contributed by atoms with van der Waals surface area (Å²) in [5.41, 5.74) is 1.37. The highest BCUT2D eigenvalue weighted by Gasteiger charge is 1.94. The number of unbranched alkanes of at least 4 members (excludes halogenated alkanes) is 1. The second-order valence-electron chi connectivity index (χ2n) is 2.81. The molecule has 0 N–H and O–H groups in total. The molecule has 0 aliphatic carbocycles. The quantitative estimate of drug-likeness (QED) is 0.647. The second-order valence-corrected chi connectivity index (χ2v) is 2.81. The monoisotopic (exact) mass is 152 g/mol. The van der Waals surface area contributed by atoms with Crippen LogP contribution in [0.1, 0.15) is 32.3 Å². The molecule has 1 heterocycles. The van der Waals surface area contributed by atoms with Gasteiger partial charge in [-0.05, 0) is 25.3 Å². The lowest BCUT2D eigenvalue weighted by molar-refractivity contribution is 0.658. The fraction of sp³-hybridized carbons (Fsp3) is 0.667. The minimum absolute atomic E-state index is 0.978. The van der Waals surface area contributed by atoms with Gasteiger partial charge in [0.25, 0.3) is 0 Å². The highest BCUT2D eigenvalue weighted by molar-refractivity contribution is 5.03. The average molecular weight is 152 g/mol. The highest BCUT2D eigenvalue weighted by Crippen LogP contribution is 2.02. The lowest BCUT2D eigenvalue weighted by Gasteiger charge is -1.92. The Kier molecular flexibility index (Phi) is 3.14. The van der Waals surface area contributed by atoms with E-state index < -0.39 is 0 Å². The fourth-order valence-electron chi connectivity index (χ4n) is 1.09. The van der Waals surface area contributed by atoms with Crippen molar-refractivity contribution in [2.45, 2.75) is 39.7 Å². The van der Waals surface area contributed by atoms with Crippen molar-refractivity contribution < 1.29 is 0 Å². The van der Waals surface area contributed by atoms with Crippen molar-refractivity contribution in [3.05, 3.63) is 18.0 Å². The van der Waals surface area contributed by atoms with E-state index in [2.05, 4.69) is 25.1 Å². The van der Waals surface area contributed by atoms with Gasteiger partial charge in [-0.3, -0.25) is 4.68 Å². The van der Waals surface area contributed by atoms with E-state index in [1.807, 2.05) is 10.9 Å². The van der Waals surface area contributed by atoms with Crippen molar-refractivity contribution in [2.75, 3.05) is 0 Å². The van der Waals surface area contributed by atoms with Crippen molar-refractivity contribution in [3.63, 3.8) is 0 Å². The third-order valence-corrected chi connectivity index (χ3v) is 1.83. The lowest BCUT2D eigenvalue weighted by atomic mass is 10.2. The van der Waals surface area contributed by atoms with Gasteiger partial charge in [-0.1, -0.05) is 13.3 Å². The van der Waals surface area contributed by atoms with Gasteiger partial charge < -0.3 is 0 Å². The maximum absolute atomic E-state index is 4.20. The zero-order chi connectivity index (χ0) is 8.10. The van der Waals surface area contributed by atoms with Crippen LogP contribution in [0.2, 0.25) is 0 Å². The molecule has 0 aliphatic heterocycles. The zero-order valence-electron chi connectivity index (χ0n) is 7.38. The molecule has 0 fully saturated rings. The predicted octanol–water partition coefficient (Wildman–Crippen LogP) is 2.25. The van der Waals surface area contributed by atoms with Crippen LogP contribution < -0.4 is 0 Å². The molecule has 0 bridgehead atoms. The van der Waals surface area contributed by atoms with Gasteiger partial charge in [0.2, 0.25) is 0 Å². The Labute approximate surface area is 68.2 Å². The van der Waals surface area contributed by atoms with Gasteiger partial charge in [0.1, 0.15) is 0 Å². The number of aromatic nitrogens is 2. The van der Waals surface area contributed by atoms with E-state index in [0.29, 0.717) is 0 Å². The molecule has 0 radical (unpaired) electrons. The van der Waals surface area contributed by atoms with Gasteiger partial charge in [0.15, 0.2) is 0 Å². The van der Waals surface area contributed by atoms with E-state index in [1.165, 1.54) is 24.8 Å². The third-order valence-electron chi connectivity index (χ3n) is 1.83. The number of nitrogens with zero attached hydrogens (tertiary/aromatic N) is 2. The number of aryl methyl sites for hydroxylation is 2. The summed E-state index contributed by atoms with van der Waals surface area (Å²) in [6.07, 6.45) is 7.82. The second kappa shape index (κ2) is 4.16. The van der Waals surface area contributed by atoms with E-state index in [-0.39, 0.29) is 0 Å². The van der Waals surface area contributed by atoms with Crippen LogP contribution >= 0.6 is 0 Å². The van der Waals surface area contributed by atoms with Crippen molar-refractivity contribution in [1.29, 1.82) is 0 Å². The Morgan fingerprint density at radius 1 is 1.45 bits per heavy atom. The molecule has 11 heavy (non-hydrogen) atoms. The largest absolute Gasteiger partial charge is 0.273 e. The molecule has 0 aliphatic rings.